The lowest BCUT2D eigenvalue weighted by Gasteiger charge is -2.13. The number of rotatable bonds is 4. The summed E-state index contributed by atoms with van der Waals surface area (Å²) < 4.78 is 38.5. The van der Waals surface area contributed by atoms with Crippen LogP contribution in [0.3, 0.4) is 0 Å². The molecule has 114 valence electrons. The zero-order chi connectivity index (χ0) is 16.2. The van der Waals surface area contributed by atoms with E-state index in [-0.39, 0.29) is 17.7 Å². The Bertz CT molecular complexity index is 679. The minimum absolute atomic E-state index is 0.00661. The van der Waals surface area contributed by atoms with Crippen molar-refractivity contribution in [1.82, 2.24) is 5.32 Å². The second kappa shape index (κ2) is 6.43. The monoisotopic (exact) mass is 307 g/mol. The number of alkyl halides is 3. The highest BCUT2D eigenvalue weighted by molar-refractivity contribution is 5.94. The molecular formula is C16H12F3NO2. The van der Waals surface area contributed by atoms with E-state index in [2.05, 4.69) is 5.32 Å². The van der Waals surface area contributed by atoms with E-state index in [9.17, 15) is 22.8 Å². The second-order valence-electron chi connectivity index (χ2n) is 4.58. The highest BCUT2D eigenvalue weighted by atomic mass is 19.4. The van der Waals surface area contributed by atoms with Crippen LogP contribution in [0.4, 0.5) is 13.2 Å². The molecule has 0 aliphatic heterocycles. The van der Waals surface area contributed by atoms with Crippen LogP contribution in [-0.4, -0.2) is 12.2 Å². The fourth-order valence-corrected chi connectivity index (χ4v) is 1.94. The van der Waals surface area contributed by atoms with Crippen LogP contribution < -0.4 is 5.32 Å². The summed E-state index contributed by atoms with van der Waals surface area (Å²) in [5, 5.41) is 2.44. The molecule has 0 atom stereocenters. The molecule has 1 amide bonds. The molecule has 0 radical (unpaired) electrons. The molecule has 2 rings (SSSR count). The molecule has 6 heteroatoms. The van der Waals surface area contributed by atoms with Gasteiger partial charge in [-0.3, -0.25) is 9.59 Å². The minimum Gasteiger partial charge on any atom is -0.348 e. The summed E-state index contributed by atoms with van der Waals surface area (Å²) in [5.74, 6) is -0.505. The van der Waals surface area contributed by atoms with E-state index < -0.39 is 17.6 Å². The second-order valence-corrected chi connectivity index (χ2v) is 4.58. The van der Waals surface area contributed by atoms with E-state index in [0.717, 1.165) is 6.07 Å². The van der Waals surface area contributed by atoms with Gasteiger partial charge in [-0.1, -0.05) is 30.3 Å². The Hall–Kier alpha value is -2.63. The van der Waals surface area contributed by atoms with Gasteiger partial charge >= 0.3 is 6.18 Å². The summed E-state index contributed by atoms with van der Waals surface area (Å²) in [6.45, 7) is -0.232. The molecule has 0 aliphatic rings. The molecule has 0 saturated carbocycles. The number of benzene rings is 2. The minimum atomic E-state index is -4.47. The topological polar surface area (TPSA) is 46.2 Å². The van der Waals surface area contributed by atoms with Gasteiger partial charge in [-0.2, -0.15) is 13.2 Å². The summed E-state index contributed by atoms with van der Waals surface area (Å²) in [5.41, 5.74) is -0.0893. The average molecular weight is 307 g/mol. The van der Waals surface area contributed by atoms with Gasteiger partial charge in [-0.25, -0.2) is 0 Å². The Morgan fingerprint density at radius 2 is 1.68 bits per heavy atom. The summed E-state index contributed by atoms with van der Waals surface area (Å²) in [7, 11) is 0. The highest BCUT2D eigenvalue weighted by Gasteiger charge is 2.32. The first-order valence-electron chi connectivity index (χ1n) is 6.40. The Labute approximate surface area is 124 Å². The number of amides is 1. The number of carbonyl (C=O) groups excluding carboxylic acids is 2. The zero-order valence-electron chi connectivity index (χ0n) is 11.4. The Balaban J connectivity index is 2.09. The molecule has 2 aromatic carbocycles. The van der Waals surface area contributed by atoms with Gasteiger partial charge in [0.1, 0.15) is 6.29 Å². The maximum absolute atomic E-state index is 12.8. The smallest absolute Gasteiger partial charge is 0.348 e. The summed E-state index contributed by atoms with van der Waals surface area (Å²) in [6, 6.07) is 10.9. The zero-order valence-corrected chi connectivity index (χ0v) is 11.4. The third-order valence-corrected chi connectivity index (χ3v) is 3.07. The van der Waals surface area contributed by atoms with Gasteiger partial charge in [-0.05, 0) is 23.8 Å². The number of halogens is 3. The van der Waals surface area contributed by atoms with Crippen LogP contribution in [0.2, 0.25) is 0 Å². The Kier molecular flexibility index (Phi) is 4.60. The van der Waals surface area contributed by atoms with E-state index in [4.69, 9.17) is 0 Å². The average Bonchev–Trinajstić information content (AvgIpc) is 2.52. The van der Waals surface area contributed by atoms with Crippen molar-refractivity contribution in [2.24, 2.45) is 0 Å². The van der Waals surface area contributed by atoms with Gasteiger partial charge in [0.15, 0.2) is 0 Å². The van der Waals surface area contributed by atoms with Gasteiger partial charge < -0.3 is 5.32 Å². The molecule has 1 N–H and O–H groups in total. The van der Waals surface area contributed by atoms with E-state index >= 15 is 0 Å². The molecule has 0 spiro atoms. The molecule has 0 aromatic heterocycles. The maximum atomic E-state index is 12.8. The van der Waals surface area contributed by atoms with Crippen LogP contribution in [0.5, 0.6) is 0 Å². The number of nitrogens with one attached hydrogen (secondary N) is 1. The van der Waals surface area contributed by atoms with Crippen molar-refractivity contribution in [3.8, 4) is 0 Å². The molecule has 3 nitrogen and oxygen atoms in total. The molecule has 22 heavy (non-hydrogen) atoms. The van der Waals surface area contributed by atoms with Gasteiger partial charge in [0.2, 0.25) is 0 Å². The number of carbonyl (C=O) groups is 2. The highest BCUT2D eigenvalue weighted by Crippen LogP contribution is 2.31. The summed E-state index contributed by atoms with van der Waals surface area (Å²) in [6.07, 6.45) is -3.83. The standard InChI is InChI=1S/C16H12F3NO2/c17-16(18,19)14-4-2-1-3-13(14)9-20-15(22)12-7-5-11(10-21)6-8-12/h1-8,10H,9H2,(H,20,22). The van der Waals surface area contributed by atoms with Crippen LogP contribution >= 0.6 is 0 Å². The van der Waals surface area contributed by atoms with E-state index in [1.165, 1.54) is 42.5 Å². The molecule has 0 heterocycles. The van der Waals surface area contributed by atoms with Crippen LogP contribution in [0.25, 0.3) is 0 Å². The van der Waals surface area contributed by atoms with Crippen LogP contribution in [0, 0.1) is 0 Å². The van der Waals surface area contributed by atoms with Crippen molar-refractivity contribution in [2.45, 2.75) is 12.7 Å². The quantitative estimate of drug-likeness (QED) is 0.879. The SMILES string of the molecule is O=Cc1ccc(C(=O)NCc2ccccc2C(F)(F)F)cc1. The van der Waals surface area contributed by atoms with Crippen molar-refractivity contribution in [3.63, 3.8) is 0 Å². The van der Waals surface area contributed by atoms with Crippen molar-refractivity contribution in [2.75, 3.05) is 0 Å². The first kappa shape index (κ1) is 15.8. The van der Waals surface area contributed by atoms with E-state index in [1.54, 1.807) is 0 Å². The van der Waals surface area contributed by atoms with Crippen molar-refractivity contribution in [3.05, 3.63) is 70.8 Å². The maximum Gasteiger partial charge on any atom is 0.416 e. The van der Waals surface area contributed by atoms with Crippen LogP contribution in [-0.2, 0) is 12.7 Å². The molecule has 2 aromatic rings. The lowest BCUT2D eigenvalue weighted by atomic mass is 10.1. The molecule has 0 fully saturated rings. The van der Waals surface area contributed by atoms with Crippen molar-refractivity contribution in [1.29, 1.82) is 0 Å². The first-order chi connectivity index (χ1) is 10.4. The van der Waals surface area contributed by atoms with Crippen LogP contribution in [0.1, 0.15) is 31.8 Å². The summed E-state index contributed by atoms with van der Waals surface area (Å²) in [4.78, 5) is 22.4. The molecule has 0 unspecified atom stereocenters. The van der Waals surface area contributed by atoms with E-state index in [0.29, 0.717) is 11.8 Å². The molecule has 0 bridgehead atoms. The predicted molar refractivity (Wildman–Crippen MR) is 74.4 cm³/mol. The molecular weight excluding hydrogens is 295 g/mol. The lowest BCUT2D eigenvalue weighted by Crippen LogP contribution is -2.24. The number of aldehydes is 1. The number of hydrogen-bond donors (Lipinski definition) is 1. The predicted octanol–water partition coefficient (Wildman–Crippen LogP) is 3.45. The Morgan fingerprint density at radius 3 is 2.27 bits per heavy atom. The van der Waals surface area contributed by atoms with Crippen molar-refractivity contribution >= 4 is 12.2 Å². The van der Waals surface area contributed by atoms with Crippen LogP contribution in [0.15, 0.2) is 48.5 Å². The molecule has 0 saturated heterocycles. The van der Waals surface area contributed by atoms with Gasteiger partial charge in [0, 0.05) is 17.7 Å². The third-order valence-electron chi connectivity index (χ3n) is 3.07. The fraction of sp³-hybridized carbons (Fsp3) is 0.125. The van der Waals surface area contributed by atoms with Gasteiger partial charge in [-0.15, -0.1) is 0 Å². The first-order valence-corrected chi connectivity index (χ1v) is 6.40. The van der Waals surface area contributed by atoms with E-state index in [1.807, 2.05) is 0 Å². The van der Waals surface area contributed by atoms with Gasteiger partial charge in [0.05, 0.1) is 5.56 Å². The Morgan fingerprint density at radius 1 is 1.05 bits per heavy atom. The fourth-order valence-electron chi connectivity index (χ4n) is 1.94. The number of hydrogen-bond acceptors (Lipinski definition) is 2. The summed E-state index contributed by atoms with van der Waals surface area (Å²) >= 11 is 0. The largest absolute Gasteiger partial charge is 0.416 e. The van der Waals surface area contributed by atoms with Gasteiger partial charge in [0.25, 0.3) is 5.91 Å². The lowest BCUT2D eigenvalue weighted by molar-refractivity contribution is -0.138. The normalized spacial score (nSPS) is 11.0. The molecule has 0 aliphatic carbocycles. The third kappa shape index (κ3) is 3.72. The van der Waals surface area contributed by atoms with Crippen molar-refractivity contribution < 1.29 is 22.8 Å².